The van der Waals surface area contributed by atoms with Crippen LogP contribution in [-0.2, 0) is 0 Å². The molecule has 1 fully saturated rings. The SMILES string of the molecule is Cc1cc(NC2=NC3CCCC3CS2)ccc1Br. The first-order chi connectivity index (χ1) is 8.72. The first-order valence-electron chi connectivity index (χ1n) is 6.46. The molecule has 0 saturated heterocycles. The third kappa shape index (κ3) is 2.59. The van der Waals surface area contributed by atoms with Gasteiger partial charge in [0.1, 0.15) is 0 Å². The Morgan fingerprint density at radius 2 is 2.28 bits per heavy atom. The summed E-state index contributed by atoms with van der Waals surface area (Å²) in [7, 11) is 0. The number of hydrogen-bond donors (Lipinski definition) is 1. The number of rotatable bonds is 1. The van der Waals surface area contributed by atoms with Crippen molar-refractivity contribution in [2.75, 3.05) is 11.1 Å². The molecule has 0 bridgehead atoms. The van der Waals surface area contributed by atoms with Crippen LogP contribution in [0.4, 0.5) is 5.69 Å². The molecule has 0 aromatic heterocycles. The summed E-state index contributed by atoms with van der Waals surface area (Å²) in [6.07, 6.45) is 3.99. The van der Waals surface area contributed by atoms with E-state index in [9.17, 15) is 0 Å². The van der Waals surface area contributed by atoms with Crippen LogP contribution in [0.2, 0.25) is 0 Å². The Morgan fingerprint density at radius 3 is 3.11 bits per heavy atom. The molecule has 4 heteroatoms. The monoisotopic (exact) mass is 324 g/mol. The van der Waals surface area contributed by atoms with Crippen LogP contribution in [0.5, 0.6) is 0 Å². The second kappa shape index (κ2) is 5.25. The van der Waals surface area contributed by atoms with Gasteiger partial charge in [-0.2, -0.15) is 0 Å². The van der Waals surface area contributed by atoms with E-state index in [2.05, 4.69) is 46.4 Å². The number of aliphatic imine (C=N–C) groups is 1. The first-order valence-corrected chi connectivity index (χ1v) is 8.24. The molecule has 1 saturated carbocycles. The van der Waals surface area contributed by atoms with E-state index in [0.29, 0.717) is 6.04 Å². The Morgan fingerprint density at radius 1 is 1.39 bits per heavy atom. The molecule has 2 aliphatic rings. The van der Waals surface area contributed by atoms with Gasteiger partial charge in [-0.15, -0.1) is 0 Å². The van der Waals surface area contributed by atoms with Gasteiger partial charge in [-0.05, 0) is 49.4 Å². The number of halogens is 1. The zero-order chi connectivity index (χ0) is 12.5. The average Bonchev–Trinajstić information content (AvgIpc) is 2.81. The Hall–Kier alpha value is -0.480. The van der Waals surface area contributed by atoms with E-state index in [4.69, 9.17) is 4.99 Å². The highest BCUT2D eigenvalue weighted by atomic mass is 79.9. The highest BCUT2D eigenvalue weighted by molar-refractivity contribution is 9.10. The summed E-state index contributed by atoms with van der Waals surface area (Å²) < 4.78 is 1.15. The Balaban J connectivity index is 1.74. The third-order valence-corrected chi connectivity index (χ3v) is 5.71. The van der Waals surface area contributed by atoms with Crippen molar-refractivity contribution in [2.24, 2.45) is 10.9 Å². The number of aryl methyl sites for hydroxylation is 1. The summed E-state index contributed by atoms with van der Waals surface area (Å²) in [6, 6.07) is 6.92. The molecule has 96 valence electrons. The number of fused-ring (bicyclic) bond motifs is 1. The Labute approximate surface area is 121 Å². The van der Waals surface area contributed by atoms with Crippen LogP contribution in [0.15, 0.2) is 27.7 Å². The summed E-state index contributed by atoms with van der Waals surface area (Å²) in [5.74, 6) is 2.05. The molecule has 0 spiro atoms. The van der Waals surface area contributed by atoms with Gasteiger partial charge in [0.2, 0.25) is 0 Å². The molecule has 1 aliphatic heterocycles. The predicted molar refractivity (Wildman–Crippen MR) is 83.5 cm³/mol. The normalized spacial score (nSPS) is 26.7. The lowest BCUT2D eigenvalue weighted by molar-refractivity contribution is 0.535. The average molecular weight is 325 g/mol. The van der Waals surface area contributed by atoms with E-state index in [1.54, 1.807) is 0 Å². The van der Waals surface area contributed by atoms with E-state index in [0.717, 1.165) is 21.2 Å². The minimum atomic E-state index is 0.574. The van der Waals surface area contributed by atoms with Gasteiger partial charge in [-0.1, -0.05) is 34.1 Å². The second-order valence-electron chi connectivity index (χ2n) is 5.09. The molecule has 2 nitrogen and oxygen atoms in total. The van der Waals surface area contributed by atoms with E-state index >= 15 is 0 Å². The summed E-state index contributed by atoms with van der Waals surface area (Å²) in [5, 5.41) is 4.55. The van der Waals surface area contributed by atoms with Gasteiger partial charge >= 0.3 is 0 Å². The van der Waals surface area contributed by atoms with E-state index < -0.39 is 0 Å². The molecule has 1 aliphatic carbocycles. The standard InChI is InChI=1S/C14H17BrN2S/c1-9-7-11(5-6-12(9)15)16-14-17-13-4-2-3-10(13)8-18-14/h5-7,10,13H,2-4,8H2,1H3,(H,16,17). The van der Waals surface area contributed by atoms with Crippen molar-refractivity contribution >= 4 is 38.5 Å². The minimum absolute atomic E-state index is 0.574. The quantitative estimate of drug-likeness (QED) is 0.825. The van der Waals surface area contributed by atoms with Crippen LogP contribution in [0.25, 0.3) is 0 Å². The van der Waals surface area contributed by atoms with Crippen LogP contribution >= 0.6 is 27.7 Å². The maximum Gasteiger partial charge on any atom is 0.161 e. The summed E-state index contributed by atoms with van der Waals surface area (Å²) in [6.45, 7) is 2.11. The zero-order valence-corrected chi connectivity index (χ0v) is 12.9. The Kier molecular flexibility index (Phi) is 3.66. The van der Waals surface area contributed by atoms with Gasteiger partial charge < -0.3 is 5.32 Å². The van der Waals surface area contributed by atoms with Crippen molar-refractivity contribution in [3.05, 3.63) is 28.2 Å². The lowest BCUT2D eigenvalue weighted by atomic mass is 10.1. The van der Waals surface area contributed by atoms with Crippen molar-refractivity contribution in [1.82, 2.24) is 0 Å². The minimum Gasteiger partial charge on any atom is -0.335 e. The largest absolute Gasteiger partial charge is 0.335 e. The van der Waals surface area contributed by atoms with Gasteiger partial charge in [0.05, 0.1) is 6.04 Å². The molecule has 0 radical (unpaired) electrons. The predicted octanol–water partition coefficient (Wildman–Crippen LogP) is 4.44. The highest BCUT2D eigenvalue weighted by Crippen LogP contribution is 2.35. The van der Waals surface area contributed by atoms with E-state index in [-0.39, 0.29) is 0 Å². The van der Waals surface area contributed by atoms with Gasteiger partial charge in [-0.25, -0.2) is 0 Å². The van der Waals surface area contributed by atoms with Crippen LogP contribution in [0.3, 0.4) is 0 Å². The summed E-state index contributed by atoms with van der Waals surface area (Å²) >= 11 is 5.40. The van der Waals surface area contributed by atoms with Gasteiger partial charge in [0.25, 0.3) is 0 Å². The number of benzene rings is 1. The molecule has 1 aromatic carbocycles. The number of nitrogens with zero attached hydrogens (tertiary/aromatic N) is 1. The molecule has 2 atom stereocenters. The molecule has 1 aromatic rings. The van der Waals surface area contributed by atoms with Gasteiger partial charge in [0.15, 0.2) is 5.17 Å². The van der Waals surface area contributed by atoms with E-state index in [1.165, 1.54) is 30.6 Å². The third-order valence-electron chi connectivity index (χ3n) is 3.75. The van der Waals surface area contributed by atoms with Crippen molar-refractivity contribution in [2.45, 2.75) is 32.2 Å². The van der Waals surface area contributed by atoms with E-state index in [1.807, 2.05) is 11.8 Å². The number of nitrogens with one attached hydrogen (secondary N) is 1. The molecule has 3 rings (SSSR count). The number of hydrogen-bond acceptors (Lipinski definition) is 3. The van der Waals surface area contributed by atoms with Crippen molar-refractivity contribution < 1.29 is 0 Å². The van der Waals surface area contributed by atoms with Crippen LogP contribution in [-0.4, -0.2) is 17.0 Å². The lowest BCUT2D eigenvalue weighted by Gasteiger charge is -2.23. The zero-order valence-electron chi connectivity index (χ0n) is 10.4. The van der Waals surface area contributed by atoms with Gasteiger partial charge in [0, 0.05) is 15.9 Å². The fourth-order valence-corrected chi connectivity index (χ4v) is 4.08. The molecular formula is C14H17BrN2S. The van der Waals surface area contributed by atoms with Crippen LogP contribution in [0, 0.1) is 12.8 Å². The van der Waals surface area contributed by atoms with Crippen LogP contribution in [0.1, 0.15) is 24.8 Å². The number of amidine groups is 1. The fourth-order valence-electron chi connectivity index (χ4n) is 2.67. The van der Waals surface area contributed by atoms with Crippen molar-refractivity contribution in [3.8, 4) is 0 Å². The summed E-state index contributed by atoms with van der Waals surface area (Å²) in [5.41, 5.74) is 2.39. The fraction of sp³-hybridized carbons (Fsp3) is 0.500. The molecule has 1 N–H and O–H groups in total. The second-order valence-corrected chi connectivity index (χ2v) is 6.96. The molecule has 1 heterocycles. The number of thioether (sulfide) groups is 1. The maximum absolute atomic E-state index is 4.85. The smallest absolute Gasteiger partial charge is 0.161 e. The molecule has 0 amide bonds. The first kappa shape index (κ1) is 12.5. The van der Waals surface area contributed by atoms with Crippen molar-refractivity contribution in [3.63, 3.8) is 0 Å². The molecule has 18 heavy (non-hydrogen) atoms. The Bertz CT molecular complexity index is 487. The van der Waals surface area contributed by atoms with Crippen LogP contribution < -0.4 is 5.32 Å². The van der Waals surface area contributed by atoms with Gasteiger partial charge in [-0.3, -0.25) is 4.99 Å². The topological polar surface area (TPSA) is 24.4 Å². The summed E-state index contributed by atoms with van der Waals surface area (Å²) in [4.78, 5) is 4.85. The lowest BCUT2D eigenvalue weighted by Crippen LogP contribution is -2.25. The molecule has 2 unspecified atom stereocenters. The highest BCUT2D eigenvalue weighted by Gasteiger charge is 2.30. The van der Waals surface area contributed by atoms with Crippen molar-refractivity contribution in [1.29, 1.82) is 0 Å². The maximum atomic E-state index is 4.85. The number of anilines is 1. The molecular weight excluding hydrogens is 308 g/mol.